The summed E-state index contributed by atoms with van der Waals surface area (Å²) in [4.78, 5) is 17.1. The molecule has 1 atom stereocenters. The minimum absolute atomic E-state index is 0.0807. The summed E-state index contributed by atoms with van der Waals surface area (Å²) in [6, 6.07) is 9.70. The molecule has 2 aromatic heterocycles. The molecule has 3 heterocycles. The van der Waals surface area contributed by atoms with Crippen LogP contribution in [0.2, 0.25) is 0 Å². The number of hydrogen-bond donors (Lipinski definition) is 1. The van der Waals surface area contributed by atoms with E-state index in [1.54, 1.807) is 13.1 Å². The van der Waals surface area contributed by atoms with E-state index in [0.29, 0.717) is 17.0 Å². The van der Waals surface area contributed by atoms with E-state index in [4.69, 9.17) is 4.52 Å². The molecule has 0 fully saturated rings. The lowest BCUT2D eigenvalue weighted by Gasteiger charge is -2.24. The number of fused-ring (bicyclic) bond motifs is 1. The molecule has 1 aliphatic heterocycles. The van der Waals surface area contributed by atoms with E-state index in [1.165, 1.54) is 0 Å². The second-order valence-electron chi connectivity index (χ2n) is 6.03. The van der Waals surface area contributed by atoms with Crippen molar-refractivity contribution in [3.05, 3.63) is 59.9 Å². The molecule has 1 N–H and O–H groups in total. The molecule has 0 aliphatic carbocycles. The minimum atomic E-state index is -0.138. The zero-order valence-electron chi connectivity index (χ0n) is 13.4. The molecule has 0 spiro atoms. The Balaban J connectivity index is 1.56. The Morgan fingerprint density at radius 2 is 2.17 bits per heavy atom. The van der Waals surface area contributed by atoms with Gasteiger partial charge in [-0.25, -0.2) is 4.98 Å². The Bertz CT molecular complexity index is 866. The summed E-state index contributed by atoms with van der Waals surface area (Å²) < 4.78 is 7.37. The number of nitrogens with zero attached hydrogens (tertiary/aromatic N) is 3. The number of carbonyl (C=O) groups excluding carboxylic acids is 1. The van der Waals surface area contributed by atoms with Crippen LogP contribution in [0, 0.1) is 6.92 Å². The smallest absolute Gasteiger partial charge is 0.257 e. The van der Waals surface area contributed by atoms with Gasteiger partial charge in [0.2, 0.25) is 0 Å². The average Bonchev–Trinajstić information content (AvgIpc) is 3.21. The predicted octanol–water partition coefficient (Wildman–Crippen LogP) is 2.59. The highest BCUT2D eigenvalue weighted by atomic mass is 16.5. The van der Waals surface area contributed by atoms with Gasteiger partial charge in [0.15, 0.2) is 0 Å². The first kappa shape index (κ1) is 14.7. The van der Waals surface area contributed by atoms with E-state index in [0.717, 1.165) is 30.8 Å². The van der Waals surface area contributed by atoms with Crippen LogP contribution in [0.15, 0.2) is 47.2 Å². The second kappa shape index (κ2) is 5.96. The summed E-state index contributed by atoms with van der Waals surface area (Å²) in [6.07, 6.45) is 5.50. The molecular formula is C18H18N4O2. The summed E-state index contributed by atoms with van der Waals surface area (Å²) in [6.45, 7) is 2.51. The lowest BCUT2D eigenvalue weighted by Crippen LogP contribution is -2.41. The van der Waals surface area contributed by atoms with Crippen molar-refractivity contribution in [2.75, 3.05) is 0 Å². The molecule has 6 nitrogen and oxygen atoms in total. The van der Waals surface area contributed by atoms with Crippen molar-refractivity contribution < 1.29 is 9.32 Å². The van der Waals surface area contributed by atoms with Gasteiger partial charge in [0.05, 0.1) is 0 Å². The molecule has 0 saturated carbocycles. The number of amides is 1. The van der Waals surface area contributed by atoms with Gasteiger partial charge < -0.3 is 14.4 Å². The number of benzene rings is 1. The van der Waals surface area contributed by atoms with E-state index in [-0.39, 0.29) is 11.9 Å². The predicted molar refractivity (Wildman–Crippen MR) is 88.5 cm³/mol. The number of imidazole rings is 1. The molecule has 0 bridgehead atoms. The number of nitrogens with one attached hydrogen (secondary N) is 1. The van der Waals surface area contributed by atoms with Gasteiger partial charge in [0.25, 0.3) is 5.91 Å². The van der Waals surface area contributed by atoms with Gasteiger partial charge in [-0.05, 0) is 13.3 Å². The Labute approximate surface area is 139 Å². The van der Waals surface area contributed by atoms with Crippen LogP contribution in [-0.4, -0.2) is 26.7 Å². The summed E-state index contributed by atoms with van der Waals surface area (Å²) in [5.74, 6) is 1.47. The van der Waals surface area contributed by atoms with Gasteiger partial charge in [-0.15, -0.1) is 0 Å². The molecule has 1 amide bonds. The fourth-order valence-electron chi connectivity index (χ4n) is 3.17. The fraction of sp³-hybridized carbons (Fsp3) is 0.278. The maximum absolute atomic E-state index is 12.8. The first-order chi connectivity index (χ1) is 11.7. The van der Waals surface area contributed by atoms with Crippen LogP contribution in [0.4, 0.5) is 0 Å². The number of hydrogen-bond acceptors (Lipinski definition) is 4. The first-order valence-corrected chi connectivity index (χ1v) is 8.05. The van der Waals surface area contributed by atoms with E-state index < -0.39 is 0 Å². The quantitative estimate of drug-likeness (QED) is 0.804. The van der Waals surface area contributed by atoms with Crippen molar-refractivity contribution in [3.8, 4) is 11.3 Å². The van der Waals surface area contributed by atoms with Gasteiger partial charge in [-0.3, -0.25) is 4.79 Å². The Kier molecular flexibility index (Phi) is 3.65. The topological polar surface area (TPSA) is 73.0 Å². The standard InChI is InChI=1S/C18H18N4O2/c1-12-16(17(21-24-12)13-5-3-2-4-6-13)18(23)20-14-7-8-15-19-9-10-22(15)11-14/h2-6,9-10,14H,7-8,11H2,1H3,(H,20,23)/t14-/m0/s1. The largest absolute Gasteiger partial charge is 0.360 e. The van der Waals surface area contributed by atoms with Crippen LogP contribution in [0.25, 0.3) is 11.3 Å². The third kappa shape index (κ3) is 2.60. The molecule has 0 saturated heterocycles. The lowest BCUT2D eigenvalue weighted by molar-refractivity contribution is 0.0926. The lowest BCUT2D eigenvalue weighted by atomic mass is 10.0. The molecule has 24 heavy (non-hydrogen) atoms. The average molecular weight is 322 g/mol. The number of carbonyl (C=O) groups is 1. The SMILES string of the molecule is Cc1onc(-c2ccccc2)c1C(=O)N[C@H]1CCc2nccn2C1. The highest BCUT2D eigenvalue weighted by Crippen LogP contribution is 2.25. The van der Waals surface area contributed by atoms with E-state index in [9.17, 15) is 4.79 Å². The van der Waals surface area contributed by atoms with Gasteiger partial charge in [0, 0.05) is 37.0 Å². The summed E-state index contributed by atoms with van der Waals surface area (Å²) in [5.41, 5.74) is 1.97. The molecule has 3 aromatic rings. The van der Waals surface area contributed by atoms with Gasteiger partial charge in [-0.2, -0.15) is 0 Å². The monoisotopic (exact) mass is 322 g/mol. The van der Waals surface area contributed by atoms with Crippen LogP contribution >= 0.6 is 0 Å². The minimum Gasteiger partial charge on any atom is -0.360 e. The Morgan fingerprint density at radius 1 is 1.33 bits per heavy atom. The maximum Gasteiger partial charge on any atom is 0.257 e. The van der Waals surface area contributed by atoms with Crippen molar-refractivity contribution >= 4 is 5.91 Å². The highest BCUT2D eigenvalue weighted by molar-refractivity contribution is 6.00. The maximum atomic E-state index is 12.8. The van der Waals surface area contributed by atoms with Crippen LogP contribution in [0.1, 0.15) is 28.4 Å². The summed E-state index contributed by atoms with van der Waals surface area (Å²) >= 11 is 0. The van der Waals surface area contributed by atoms with Crippen molar-refractivity contribution in [2.24, 2.45) is 0 Å². The van der Waals surface area contributed by atoms with Crippen LogP contribution in [0.3, 0.4) is 0 Å². The Hall–Kier alpha value is -2.89. The van der Waals surface area contributed by atoms with Gasteiger partial charge >= 0.3 is 0 Å². The van der Waals surface area contributed by atoms with Crippen LogP contribution in [-0.2, 0) is 13.0 Å². The van der Waals surface area contributed by atoms with Crippen molar-refractivity contribution in [1.29, 1.82) is 0 Å². The van der Waals surface area contributed by atoms with Gasteiger partial charge in [0.1, 0.15) is 22.8 Å². The van der Waals surface area contributed by atoms with E-state index in [1.807, 2.05) is 36.5 Å². The molecular weight excluding hydrogens is 304 g/mol. The fourth-order valence-corrected chi connectivity index (χ4v) is 3.17. The molecule has 4 rings (SSSR count). The zero-order valence-corrected chi connectivity index (χ0v) is 13.4. The molecule has 1 aromatic carbocycles. The third-order valence-electron chi connectivity index (χ3n) is 4.41. The third-order valence-corrected chi connectivity index (χ3v) is 4.41. The zero-order chi connectivity index (χ0) is 16.5. The highest BCUT2D eigenvalue weighted by Gasteiger charge is 2.25. The van der Waals surface area contributed by atoms with Crippen molar-refractivity contribution in [2.45, 2.75) is 32.4 Å². The first-order valence-electron chi connectivity index (χ1n) is 8.05. The summed E-state index contributed by atoms with van der Waals surface area (Å²) in [7, 11) is 0. The van der Waals surface area contributed by atoms with E-state index in [2.05, 4.69) is 20.0 Å². The molecule has 0 unspecified atom stereocenters. The molecule has 1 aliphatic rings. The summed E-state index contributed by atoms with van der Waals surface area (Å²) in [5, 5.41) is 7.19. The van der Waals surface area contributed by atoms with E-state index >= 15 is 0 Å². The van der Waals surface area contributed by atoms with Crippen molar-refractivity contribution in [1.82, 2.24) is 20.0 Å². The van der Waals surface area contributed by atoms with Crippen LogP contribution < -0.4 is 5.32 Å². The number of aryl methyl sites for hydroxylation is 2. The molecule has 0 radical (unpaired) electrons. The van der Waals surface area contributed by atoms with Crippen molar-refractivity contribution in [3.63, 3.8) is 0 Å². The number of aromatic nitrogens is 3. The van der Waals surface area contributed by atoms with Gasteiger partial charge in [-0.1, -0.05) is 35.5 Å². The van der Waals surface area contributed by atoms with Crippen LogP contribution in [0.5, 0.6) is 0 Å². The molecule has 122 valence electrons. The number of rotatable bonds is 3. The normalized spacial score (nSPS) is 16.6. The molecule has 6 heteroatoms. The Morgan fingerprint density at radius 3 is 3.00 bits per heavy atom. The second-order valence-corrected chi connectivity index (χ2v) is 6.03.